The molecule has 0 aliphatic heterocycles. The quantitative estimate of drug-likeness (QED) is 0.734. The average molecular weight is 414 g/mol. The van der Waals surface area contributed by atoms with E-state index >= 15 is 0 Å². The number of nitrogens with zero attached hydrogens (tertiary/aromatic N) is 1. The Balaban J connectivity index is 1.78. The first kappa shape index (κ1) is 18.2. The molecule has 1 N–H and O–H groups in total. The number of ether oxygens (including phenoxy) is 2. The van der Waals surface area contributed by atoms with Crippen molar-refractivity contribution in [2.45, 2.75) is 13.0 Å². The van der Waals surface area contributed by atoms with Crippen LogP contribution in [0.25, 0.3) is 0 Å². The van der Waals surface area contributed by atoms with Gasteiger partial charge in [-0.25, -0.2) is 9.78 Å². The van der Waals surface area contributed by atoms with Crippen LogP contribution < -0.4 is 10.1 Å². The number of anilines is 1. The summed E-state index contributed by atoms with van der Waals surface area (Å²) in [6, 6.07) is 10.1. The molecule has 2 aromatic rings. The van der Waals surface area contributed by atoms with Crippen LogP contribution in [0.2, 0.25) is 5.02 Å². The number of halogens is 2. The van der Waals surface area contributed by atoms with E-state index in [1.54, 1.807) is 36.4 Å². The van der Waals surface area contributed by atoms with Gasteiger partial charge in [-0.2, -0.15) is 0 Å². The van der Waals surface area contributed by atoms with Gasteiger partial charge in [-0.3, -0.25) is 4.79 Å². The lowest BCUT2D eigenvalue weighted by molar-refractivity contribution is -0.155. The van der Waals surface area contributed by atoms with E-state index in [9.17, 15) is 9.59 Å². The summed E-state index contributed by atoms with van der Waals surface area (Å²) in [6.45, 7) is 1.17. The summed E-state index contributed by atoms with van der Waals surface area (Å²) in [5.74, 6) is -0.303. The Labute approximate surface area is 152 Å². The molecule has 0 bridgehead atoms. The van der Waals surface area contributed by atoms with Gasteiger partial charge in [-0.05, 0) is 43.3 Å². The smallest absolute Gasteiger partial charge is 0.344 e. The second kappa shape index (κ2) is 8.65. The molecule has 1 amide bonds. The summed E-state index contributed by atoms with van der Waals surface area (Å²) in [4.78, 5) is 27.6. The van der Waals surface area contributed by atoms with Crippen molar-refractivity contribution in [3.05, 3.63) is 52.1 Å². The Morgan fingerprint density at radius 2 is 1.96 bits per heavy atom. The Hall–Kier alpha value is -2.12. The van der Waals surface area contributed by atoms with Gasteiger partial charge in [0.2, 0.25) is 0 Å². The number of amides is 1. The van der Waals surface area contributed by atoms with Gasteiger partial charge in [-0.1, -0.05) is 27.5 Å². The molecule has 2 rings (SSSR count). The zero-order valence-electron chi connectivity index (χ0n) is 12.7. The van der Waals surface area contributed by atoms with Crippen LogP contribution in [0.15, 0.2) is 47.1 Å². The summed E-state index contributed by atoms with van der Waals surface area (Å²) >= 11 is 9.01. The maximum Gasteiger partial charge on any atom is 0.344 e. The molecule has 0 spiro atoms. The van der Waals surface area contributed by atoms with Gasteiger partial charge in [0.05, 0.1) is 5.02 Å². The molecule has 0 aliphatic carbocycles. The minimum atomic E-state index is -0.983. The Morgan fingerprint density at radius 1 is 1.25 bits per heavy atom. The van der Waals surface area contributed by atoms with Crippen LogP contribution in [0.5, 0.6) is 5.75 Å². The molecule has 0 aliphatic rings. The van der Waals surface area contributed by atoms with E-state index in [0.29, 0.717) is 16.6 Å². The molecule has 0 saturated carbocycles. The average Bonchev–Trinajstić information content (AvgIpc) is 2.56. The lowest BCUT2D eigenvalue weighted by atomic mass is 10.3. The lowest BCUT2D eigenvalue weighted by Gasteiger charge is -2.13. The largest absolute Gasteiger partial charge is 0.482 e. The summed E-state index contributed by atoms with van der Waals surface area (Å²) in [6.07, 6.45) is 0.420. The van der Waals surface area contributed by atoms with Crippen molar-refractivity contribution in [1.82, 2.24) is 4.98 Å². The predicted molar refractivity (Wildman–Crippen MR) is 93.1 cm³/mol. The third-order valence-corrected chi connectivity index (χ3v) is 3.58. The number of nitrogens with one attached hydrogen (secondary N) is 1. The van der Waals surface area contributed by atoms with Gasteiger partial charge in [-0.15, -0.1) is 0 Å². The molecule has 8 heteroatoms. The third-order valence-electron chi connectivity index (χ3n) is 2.83. The standard InChI is InChI=1S/C16H14BrClN2O4/c1-10(16(22)20-14-7-4-12(18)8-19-14)24-15(21)9-23-13-5-2-11(17)3-6-13/h2-8,10H,9H2,1H3,(H,19,20,22)/t10-/m1/s1. The van der Waals surface area contributed by atoms with Crippen LogP contribution in [0, 0.1) is 0 Å². The van der Waals surface area contributed by atoms with E-state index in [2.05, 4.69) is 26.2 Å². The highest BCUT2D eigenvalue weighted by atomic mass is 79.9. The Morgan fingerprint density at radius 3 is 2.58 bits per heavy atom. The van der Waals surface area contributed by atoms with Gasteiger partial charge < -0.3 is 14.8 Å². The summed E-state index contributed by atoms with van der Waals surface area (Å²) < 4.78 is 11.2. The van der Waals surface area contributed by atoms with E-state index in [0.717, 1.165) is 4.47 Å². The molecule has 24 heavy (non-hydrogen) atoms. The normalized spacial score (nSPS) is 11.5. The predicted octanol–water partition coefficient (Wildman–Crippen LogP) is 3.45. The zero-order chi connectivity index (χ0) is 17.5. The minimum Gasteiger partial charge on any atom is -0.482 e. The van der Waals surface area contributed by atoms with Crippen LogP contribution in [0.3, 0.4) is 0 Å². The monoisotopic (exact) mass is 412 g/mol. The highest BCUT2D eigenvalue weighted by Crippen LogP contribution is 2.16. The van der Waals surface area contributed by atoms with Crippen molar-refractivity contribution in [1.29, 1.82) is 0 Å². The minimum absolute atomic E-state index is 0.293. The van der Waals surface area contributed by atoms with Gasteiger partial charge >= 0.3 is 5.97 Å². The number of carbonyl (C=O) groups excluding carboxylic acids is 2. The van der Waals surface area contributed by atoms with Crippen LogP contribution in [0.1, 0.15) is 6.92 Å². The van der Waals surface area contributed by atoms with Gasteiger partial charge in [0, 0.05) is 10.7 Å². The Bertz CT molecular complexity index is 707. The highest BCUT2D eigenvalue weighted by molar-refractivity contribution is 9.10. The number of carbonyl (C=O) groups is 2. The SMILES string of the molecule is C[C@@H](OC(=O)COc1ccc(Br)cc1)C(=O)Nc1ccc(Cl)cn1. The molecular weight excluding hydrogens is 400 g/mol. The fraction of sp³-hybridized carbons (Fsp3) is 0.188. The zero-order valence-corrected chi connectivity index (χ0v) is 15.0. The number of benzene rings is 1. The Kier molecular flexibility index (Phi) is 6.57. The van der Waals surface area contributed by atoms with Crippen molar-refractivity contribution in [3.8, 4) is 5.75 Å². The second-order valence-corrected chi connectivity index (χ2v) is 6.08. The molecular formula is C16H14BrClN2O4. The van der Waals surface area contributed by atoms with Gasteiger partial charge in [0.25, 0.3) is 5.91 Å². The molecule has 0 radical (unpaired) electrons. The first-order valence-corrected chi connectivity index (χ1v) is 8.11. The lowest BCUT2D eigenvalue weighted by Crippen LogP contribution is -2.31. The molecule has 6 nitrogen and oxygen atoms in total. The fourth-order valence-electron chi connectivity index (χ4n) is 1.64. The highest BCUT2D eigenvalue weighted by Gasteiger charge is 2.18. The maximum atomic E-state index is 11.9. The first-order chi connectivity index (χ1) is 11.4. The molecule has 0 saturated heterocycles. The van der Waals surface area contributed by atoms with Gasteiger partial charge in [0.15, 0.2) is 12.7 Å². The summed E-state index contributed by atoms with van der Waals surface area (Å²) in [5.41, 5.74) is 0. The number of aromatic nitrogens is 1. The molecule has 1 aromatic heterocycles. The number of pyridine rings is 1. The van der Waals surface area contributed by atoms with Gasteiger partial charge in [0.1, 0.15) is 11.6 Å². The number of hydrogen-bond acceptors (Lipinski definition) is 5. The van der Waals surface area contributed by atoms with Crippen molar-refractivity contribution < 1.29 is 19.1 Å². The molecule has 1 atom stereocenters. The van der Waals surface area contributed by atoms with Crippen LogP contribution in [-0.4, -0.2) is 29.6 Å². The van der Waals surface area contributed by atoms with Crippen LogP contribution >= 0.6 is 27.5 Å². The topological polar surface area (TPSA) is 77.5 Å². The molecule has 0 unspecified atom stereocenters. The number of rotatable bonds is 6. The van der Waals surface area contributed by atoms with E-state index in [4.69, 9.17) is 21.1 Å². The van der Waals surface area contributed by atoms with Crippen molar-refractivity contribution in [3.63, 3.8) is 0 Å². The van der Waals surface area contributed by atoms with Crippen molar-refractivity contribution in [2.75, 3.05) is 11.9 Å². The van der Waals surface area contributed by atoms with E-state index in [1.807, 2.05) is 0 Å². The molecule has 1 heterocycles. The first-order valence-electron chi connectivity index (χ1n) is 6.94. The summed E-state index contributed by atoms with van der Waals surface area (Å²) in [5, 5.41) is 2.98. The van der Waals surface area contributed by atoms with Crippen molar-refractivity contribution >= 4 is 45.2 Å². The summed E-state index contributed by atoms with van der Waals surface area (Å²) in [7, 11) is 0. The fourth-order valence-corrected chi connectivity index (χ4v) is 2.01. The molecule has 126 valence electrons. The molecule has 0 fully saturated rings. The molecule has 1 aromatic carbocycles. The van der Waals surface area contributed by atoms with Crippen LogP contribution in [-0.2, 0) is 14.3 Å². The van der Waals surface area contributed by atoms with Crippen molar-refractivity contribution in [2.24, 2.45) is 0 Å². The van der Waals surface area contributed by atoms with E-state index in [1.165, 1.54) is 13.1 Å². The van der Waals surface area contributed by atoms with E-state index < -0.39 is 18.0 Å². The second-order valence-electron chi connectivity index (χ2n) is 4.73. The van der Waals surface area contributed by atoms with Crippen LogP contribution in [0.4, 0.5) is 5.82 Å². The van der Waals surface area contributed by atoms with E-state index in [-0.39, 0.29) is 6.61 Å². The number of esters is 1. The third kappa shape index (κ3) is 5.82. The number of hydrogen-bond donors (Lipinski definition) is 1. The maximum absolute atomic E-state index is 11.9.